The van der Waals surface area contributed by atoms with Crippen molar-refractivity contribution in [1.29, 1.82) is 5.26 Å². The highest BCUT2D eigenvalue weighted by molar-refractivity contribution is 6.06. The fraction of sp³-hybridized carbons (Fsp3) is 0.471. The monoisotopic (exact) mass is 324 g/mol. The van der Waals surface area contributed by atoms with Gasteiger partial charge in [-0.1, -0.05) is 0 Å². The molecular formula is C17H20N6O. The molecule has 124 valence electrons. The highest BCUT2D eigenvalue weighted by Crippen LogP contribution is 2.53. The molecule has 2 aromatic heterocycles. The predicted octanol–water partition coefficient (Wildman–Crippen LogP) is 2.51. The van der Waals surface area contributed by atoms with Crippen molar-refractivity contribution in [1.82, 2.24) is 20.0 Å². The Morgan fingerprint density at radius 1 is 1.46 bits per heavy atom. The van der Waals surface area contributed by atoms with Gasteiger partial charge in [-0.3, -0.25) is 9.48 Å². The van der Waals surface area contributed by atoms with Crippen LogP contribution in [0.5, 0.6) is 0 Å². The molecule has 1 fully saturated rings. The van der Waals surface area contributed by atoms with E-state index in [-0.39, 0.29) is 17.4 Å². The summed E-state index contributed by atoms with van der Waals surface area (Å²) in [5.74, 6) is -0.122. The normalized spacial score (nSPS) is 16.2. The zero-order chi connectivity index (χ0) is 17.3. The Morgan fingerprint density at radius 2 is 2.21 bits per heavy atom. The van der Waals surface area contributed by atoms with Gasteiger partial charge in [-0.2, -0.15) is 20.6 Å². The van der Waals surface area contributed by atoms with Crippen LogP contribution in [0.15, 0.2) is 24.7 Å². The van der Waals surface area contributed by atoms with Crippen molar-refractivity contribution in [2.45, 2.75) is 39.7 Å². The van der Waals surface area contributed by atoms with Gasteiger partial charge < -0.3 is 4.90 Å². The van der Waals surface area contributed by atoms with E-state index in [1.807, 2.05) is 25.5 Å². The van der Waals surface area contributed by atoms with Gasteiger partial charge in [-0.25, -0.2) is 0 Å². The molecule has 3 rings (SSSR count). The molecule has 1 aliphatic rings. The number of carbonyl (C=O) groups excluding carboxylic acids is 1. The standard InChI is InChI=1S/C17H20N6O/c1-4-22(14-5-8-19-20-9-14)16(24)15-10-21-23(12(15)2)13(3)17(11-18)6-7-17/h5,8-10,13H,4,6-7H2,1-3H3. The van der Waals surface area contributed by atoms with E-state index in [9.17, 15) is 10.1 Å². The van der Waals surface area contributed by atoms with Crippen molar-refractivity contribution < 1.29 is 4.79 Å². The molecule has 0 radical (unpaired) electrons. The average Bonchev–Trinajstić information content (AvgIpc) is 3.32. The molecule has 2 aromatic rings. The average molecular weight is 324 g/mol. The molecule has 1 amide bonds. The number of hydrogen-bond acceptors (Lipinski definition) is 5. The molecule has 0 spiro atoms. The van der Waals surface area contributed by atoms with Crippen molar-refractivity contribution in [3.05, 3.63) is 35.9 Å². The van der Waals surface area contributed by atoms with Crippen molar-refractivity contribution in [2.24, 2.45) is 5.41 Å². The van der Waals surface area contributed by atoms with Gasteiger partial charge in [0.05, 0.1) is 47.4 Å². The molecule has 2 heterocycles. The Hall–Kier alpha value is -2.75. The molecule has 1 unspecified atom stereocenters. The lowest BCUT2D eigenvalue weighted by Crippen LogP contribution is -2.31. The van der Waals surface area contributed by atoms with Crippen LogP contribution in [0.3, 0.4) is 0 Å². The van der Waals surface area contributed by atoms with Gasteiger partial charge >= 0.3 is 0 Å². The molecule has 7 nitrogen and oxygen atoms in total. The first-order valence-electron chi connectivity index (χ1n) is 8.08. The fourth-order valence-corrected chi connectivity index (χ4v) is 3.05. The number of aromatic nitrogens is 4. The van der Waals surface area contributed by atoms with Crippen LogP contribution in [0, 0.1) is 23.7 Å². The van der Waals surface area contributed by atoms with E-state index >= 15 is 0 Å². The second-order valence-corrected chi connectivity index (χ2v) is 6.18. The van der Waals surface area contributed by atoms with Crippen LogP contribution in [0.4, 0.5) is 5.69 Å². The summed E-state index contributed by atoms with van der Waals surface area (Å²) < 4.78 is 1.81. The minimum Gasteiger partial charge on any atom is -0.307 e. The summed E-state index contributed by atoms with van der Waals surface area (Å²) in [5, 5.41) is 21.4. The molecule has 0 saturated heterocycles. The van der Waals surface area contributed by atoms with Crippen LogP contribution in [0.1, 0.15) is 48.8 Å². The van der Waals surface area contributed by atoms with Gasteiger partial charge in [-0.05, 0) is 39.7 Å². The molecular weight excluding hydrogens is 304 g/mol. The van der Waals surface area contributed by atoms with Crippen LogP contribution < -0.4 is 4.90 Å². The Balaban J connectivity index is 1.90. The number of amides is 1. The van der Waals surface area contributed by atoms with Crippen LogP contribution in [-0.2, 0) is 0 Å². The third-order valence-electron chi connectivity index (χ3n) is 4.89. The summed E-state index contributed by atoms with van der Waals surface area (Å²) in [4.78, 5) is 14.6. The first kappa shape index (κ1) is 16.1. The minimum absolute atomic E-state index is 0.0401. The van der Waals surface area contributed by atoms with E-state index in [4.69, 9.17) is 0 Å². The molecule has 7 heteroatoms. The van der Waals surface area contributed by atoms with Crippen LogP contribution in [0.2, 0.25) is 0 Å². The van der Waals surface area contributed by atoms with Crippen molar-refractivity contribution in [3.8, 4) is 6.07 Å². The number of nitriles is 1. The first-order valence-corrected chi connectivity index (χ1v) is 8.08. The number of hydrogen-bond donors (Lipinski definition) is 0. The Labute approximate surface area is 140 Å². The predicted molar refractivity (Wildman–Crippen MR) is 88.3 cm³/mol. The van der Waals surface area contributed by atoms with Gasteiger partial charge in [0.2, 0.25) is 0 Å². The molecule has 0 aliphatic heterocycles. The van der Waals surface area contributed by atoms with Gasteiger partial charge in [0.15, 0.2) is 0 Å². The van der Waals surface area contributed by atoms with Gasteiger partial charge in [0.25, 0.3) is 5.91 Å². The van der Waals surface area contributed by atoms with E-state index in [2.05, 4.69) is 21.4 Å². The third kappa shape index (κ3) is 2.54. The largest absolute Gasteiger partial charge is 0.307 e. The highest BCUT2D eigenvalue weighted by Gasteiger charge is 2.49. The number of carbonyl (C=O) groups is 1. The molecule has 0 bridgehead atoms. The molecule has 0 N–H and O–H groups in total. The van der Waals surface area contributed by atoms with Gasteiger partial charge in [-0.15, -0.1) is 0 Å². The fourth-order valence-electron chi connectivity index (χ4n) is 3.05. The maximum Gasteiger partial charge on any atom is 0.261 e. The number of anilines is 1. The van der Waals surface area contributed by atoms with Crippen molar-refractivity contribution in [2.75, 3.05) is 11.4 Å². The Morgan fingerprint density at radius 3 is 2.75 bits per heavy atom. The minimum atomic E-state index is -0.337. The quantitative estimate of drug-likeness (QED) is 0.843. The maximum atomic E-state index is 12.9. The number of rotatable bonds is 5. The second-order valence-electron chi connectivity index (χ2n) is 6.18. The van der Waals surface area contributed by atoms with Crippen molar-refractivity contribution >= 4 is 11.6 Å². The van der Waals surface area contributed by atoms with E-state index < -0.39 is 0 Å². The lowest BCUT2D eigenvalue weighted by atomic mass is 10.00. The Bertz CT molecular complexity index is 787. The summed E-state index contributed by atoms with van der Waals surface area (Å²) in [6, 6.07) is 4.12. The summed E-state index contributed by atoms with van der Waals surface area (Å²) >= 11 is 0. The summed E-state index contributed by atoms with van der Waals surface area (Å²) in [6.45, 7) is 6.31. The van der Waals surface area contributed by atoms with E-state index in [0.29, 0.717) is 17.8 Å². The summed E-state index contributed by atoms with van der Waals surface area (Å²) in [5.41, 5.74) is 1.70. The third-order valence-corrected chi connectivity index (χ3v) is 4.89. The Kier molecular flexibility index (Phi) is 4.06. The topological polar surface area (TPSA) is 87.7 Å². The lowest BCUT2D eigenvalue weighted by Gasteiger charge is -2.21. The van der Waals surface area contributed by atoms with Crippen LogP contribution >= 0.6 is 0 Å². The van der Waals surface area contributed by atoms with Crippen LogP contribution in [-0.4, -0.2) is 32.4 Å². The van der Waals surface area contributed by atoms with Gasteiger partial charge in [0, 0.05) is 12.2 Å². The number of nitrogens with zero attached hydrogens (tertiary/aromatic N) is 6. The zero-order valence-corrected chi connectivity index (χ0v) is 14.1. The van der Waals surface area contributed by atoms with E-state index in [0.717, 1.165) is 18.5 Å². The SMILES string of the molecule is CCN(C(=O)c1cnn(C(C)C2(C#N)CC2)c1C)c1ccnnc1. The molecule has 1 saturated carbocycles. The van der Waals surface area contributed by atoms with Gasteiger partial charge in [0.1, 0.15) is 0 Å². The molecule has 1 atom stereocenters. The lowest BCUT2D eigenvalue weighted by molar-refractivity contribution is 0.0987. The first-order chi connectivity index (χ1) is 11.5. The maximum absolute atomic E-state index is 12.9. The van der Waals surface area contributed by atoms with Crippen molar-refractivity contribution in [3.63, 3.8) is 0 Å². The molecule has 24 heavy (non-hydrogen) atoms. The molecule has 0 aromatic carbocycles. The van der Waals surface area contributed by atoms with Crippen LogP contribution in [0.25, 0.3) is 0 Å². The van der Waals surface area contributed by atoms with E-state index in [1.165, 1.54) is 0 Å². The molecule has 1 aliphatic carbocycles. The highest BCUT2D eigenvalue weighted by atomic mass is 16.2. The summed E-state index contributed by atoms with van der Waals surface area (Å²) in [7, 11) is 0. The second kappa shape index (κ2) is 6.04. The summed E-state index contributed by atoms with van der Waals surface area (Å²) in [6.07, 6.45) is 6.50. The smallest absolute Gasteiger partial charge is 0.261 e. The zero-order valence-electron chi connectivity index (χ0n) is 14.1. The van der Waals surface area contributed by atoms with E-state index in [1.54, 1.807) is 29.6 Å².